The minimum absolute atomic E-state index is 0.0956. The van der Waals surface area contributed by atoms with Crippen LogP contribution in [-0.4, -0.2) is 26.1 Å². The van der Waals surface area contributed by atoms with Crippen LogP contribution in [0, 0.1) is 0 Å². The highest BCUT2D eigenvalue weighted by atomic mass is 32.3. The van der Waals surface area contributed by atoms with Crippen molar-refractivity contribution >= 4 is 21.8 Å². The summed E-state index contributed by atoms with van der Waals surface area (Å²) in [6.07, 6.45) is 1.19. The molecule has 1 aliphatic rings. The van der Waals surface area contributed by atoms with E-state index in [0.29, 0.717) is 0 Å². The molecule has 110 valence electrons. The van der Waals surface area contributed by atoms with Crippen molar-refractivity contribution in [2.45, 2.75) is 38.4 Å². The van der Waals surface area contributed by atoms with E-state index in [-0.39, 0.29) is 18.9 Å². The molecule has 1 atom stereocenters. The summed E-state index contributed by atoms with van der Waals surface area (Å²) in [5, 5.41) is -1.25. The molecule has 1 saturated heterocycles. The first kappa shape index (κ1) is 15.0. The number of hydrogen-bond donors (Lipinski definition) is 0. The van der Waals surface area contributed by atoms with E-state index in [1.54, 1.807) is 0 Å². The summed E-state index contributed by atoms with van der Waals surface area (Å²) >= 11 is 0. The van der Waals surface area contributed by atoms with Gasteiger partial charge in [-0.15, -0.1) is 3.89 Å². The SMILES string of the molecule is CCc1cccc(CC)c1N1CC(S(=O)(=O)F)CC1=O. The number of para-hydroxylation sites is 1. The van der Waals surface area contributed by atoms with Gasteiger partial charge in [-0.05, 0) is 24.0 Å². The Bertz CT molecular complexity index is 605. The van der Waals surface area contributed by atoms with Gasteiger partial charge in [0.2, 0.25) is 5.91 Å². The molecular formula is C14H18FNO3S. The van der Waals surface area contributed by atoms with Gasteiger partial charge in [0.1, 0.15) is 5.25 Å². The van der Waals surface area contributed by atoms with Crippen LogP contribution in [0.4, 0.5) is 9.57 Å². The number of hydrogen-bond acceptors (Lipinski definition) is 3. The molecule has 1 aromatic carbocycles. The number of nitrogens with zero attached hydrogens (tertiary/aromatic N) is 1. The van der Waals surface area contributed by atoms with Gasteiger partial charge in [0.05, 0.1) is 5.69 Å². The number of halogens is 1. The van der Waals surface area contributed by atoms with E-state index in [1.807, 2.05) is 32.0 Å². The average Bonchev–Trinajstić information content (AvgIpc) is 2.79. The predicted molar refractivity (Wildman–Crippen MR) is 76.0 cm³/mol. The third-order valence-corrected chi connectivity index (χ3v) is 4.83. The van der Waals surface area contributed by atoms with E-state index in [1.165, 1.54) is 4.90 Å². The molecule has 0 radical (unpaired) electrons. The Kier molecular flexibility index (Phi) is 4.13. The highest BCUT2D eigenvalue weighted by Crippen LogP contribution is 2.32. The van der Waals surface area contributed by atoms with Gasteiger partial charge in [0.15, 0.2) is 0 Å². The summed E-state index contributed by atoms with van der Waals surface area (Å²) in [6.45, 7) is 3.85. The molecule has 1 fully saturated rings. The first-order valence-corrected chi connectivity index (χ1v) is 8.17. The van der Waals surface area contributed by atoms with Crippen LogP contribution >= 0.6 is 0 Å². The van der Waals surface area contributed by atoms with Crippen molar-refractivity contribution in [2.24, 2.45) is 0 Å². The van der Waals surface area contributed by atoms with Crippen LogP contribution in [0.5, 0.6) is 0 Å². The van der Waals surface area contributed by atoms with E-state index < -0.39 is 15.5 Å². The molecule has 1 aromatic rings. The van der Waals surface area contributed by atoms with Crippen molar-refractivity contribution in [3.63, 3.8) is 0 Å². The molecule has 0 N–H and O–H groups in total. The van der Waals surface area contributed by atoms with E-state index in [0.717, 1.165) is 29.7 Å². The van der Waals surface area contributed by atoms with Gasteiger partial charge >= 0.3 is 10.2 Å². The molecule has 2 rings (SSSR count). The number of anilines is 1. The molecule has 1 unspecified atom stereocenters. The number of aryl methyl sites for hydroxylation is 2. The van der Waals surface area contributed by atoms with Crippen molar-refractivity contribution in [2.75, 3.05) is 11.4 Å². The molecule has 1 amide bonds. The third kappa shape index (κ3) is 2.70. The molecule has 0 aliphatic carbocycles. The maximum Gasteiger partial charge on any atom is 0.307 e. The van der Waals surface area contributed by atoms with Crippen LogP contribution in [0.2, 0.25) is 0 Å². The standard InChI is InChI=1S/C14H18FNO3S/c1-3-10-6-5-7-11(4-2)14(10)16-9-12(8-13(16)17)20(15,18)19/h5-7,12H,3-4,8-9H2,1-2H3. The number of carbonyl (C=O) groups excluding carboxylic acids is 1. The van der Waals surface area contributed by atoms with Gasteiger partial charge in [-0.2, -0.15) is 8.42 Å². The molecule has 0 saturated carbocycles. The predicted octanol–water partition coefficient (Wildman–Crippen LogP) is 2.22. The lowest BCUT2D eigenvalue weighted by Gasteiger charge is -2.23. The van der Waals surface area contributed by atoms with Crippen molar-refractivity contribution in [1.29, 1.82) is 0 Å². The van der Waals surface area contributed by atoms with Crippen LogP contribution in [0.15, 0.2) is 18.2 Å². The molecule has 4 nitrogen and oxygen atoms in total. The maximum atomic E-state index is 13.1. The van der Waals surface area contributed by atoms with Crippen molar-refractivity contribution < 1.29 is 17.1 Å². The lowest BCUT2D eigenvalue weighted by Crippen LogP contribution is -2.28. The van der Waals surface area contributed by atoms with Gasteiger partial charge in [-0.25, -0.2) is 0 Å². The van der Waals surface area contributed by atoms with E-state index in [4.69, 9.17) is 0 Å². The van der Waals surface area contributed by atoms with Crippen molar-refractivity contribution in [3.05, 3.63) is 29.3 Å². The smallest absolute Gasteiger partial charge is 0.307 e. The molecule has 0 bridgehead atoms. The normalized spacial score (nSPS) is 19.6. The van der Waals surface area contributed by atoms with Gasteiger partial charge in [-0.1, -0.05) is 32.0 Å². The molecule has 6 heteroatoms. The lowest BCUT2D eigenvalue weighted by atomic mass is 10.0. The highest BCUT2D eigenvalue weighted by Gasteiger charge is 2.40. The molecular weight excluding hydrogens is 281 g/mol. The second kappa shape index (κ2) is 5.52. The topological polar surface area (TPSA) is 54.5 Å². The molecule has 1 aliphatic heterocycles. The first-order chi connectivity index (χ1) is 9.38. The van der Waals surface area contributed by atoms with Crippen molar-refractivity contribution in [1.82, 2.24) is 0 Å². The van der Waals surface area contributed by atoms with Crippen LogP contribution in [0.25, 0.3) is 0 Å². The fraction of sp³-hybridized carbons (Fsp3) is 0.500. The van der Waals surface area contributed by atoms with Crippen LogP contribution in [-0.2, 0) is 27.9 Å². The highest BCUT2D eigenvalue weighted by molar-refractivity contribution is 7.87. The maximum absolute atomic E-state index is 13.1. The Balaban J connectivity index is 2.45. The summed E-state index contributed by atoms with van der Waals surface area (Å²) in [7, 11) is -4.68. The number of rotatable bonds is 4. The van der Waals surface area contributed by atoms with E-state index in [9.17, 15) is 17.1 Å². The Morgan fingerprint density at radius 3 is 2.20 bits per heavy atom. The Hall–Kier alpha value is -1.43. The second-order valence-corrected chi connectivity index (χ2v) is 6.56. The molecule has 0 spiro atoms. The summed E-state index contributed by atoms with van der Waals surface area (Å²) in [4.78, 5) is 13.5. The van der Waals surface area contributed by atoms with Gasteiger partial charge < -0.3 is 4.90 Å². The summed E-state index contributed by atoms with van der Waals surface area (Å²) in [6, 6.07) is 5.75. The lowest BCUT2D eigenvalue weighted by molar-refractivity contribution is -0.117. The van der Waals surface area contributed by atoms with Crippen molar-refractivity contribution in [3.8, 4) is 0 Å². The van der Waals surface area contributed by atoms with Crippen LogP contribution < -0.4 is 4.90 Å². The van der Waals surface area contributed by atoms with Gasteiger partial charge in [0, 0.05) is 13.0 Å². The van der Waals surface area contributed by atoms with E-state index in [2.05, 4.69) is 0 Å². The zero-order valence-corrected chi connectivity index (χ0v) is 12.4. The number of amides is 1. The Morgan fingerprint density at radius 2 is 1.80 bits per heavy atom. The average molecular weight is 299 g/mol. The van der Waals surface area contributed by atoms with Gasteiger partial charge in [0.25, 0.3) is 0 Å². The second-order valence-electron chi connectivity index (χ2n) is 4.94. The third-order valence-electron chi connectivity index (χ3n) is 3.72. The van der Waals surface area contributed by atoms with Crippen LogP contribution in [0.1, 0.15) is 31.4 Å². The minimum Gasteiger partial charge on any atom is -0.310 e. The fourth-order valence-electron chi connectivity index (χ4n) is 2.64. The molecule has 20 heavy (non-hydrogen) atoms. The summed E-state index contributed by atoms with van der Waals surface area (Å²) < 4.78 is 35.2. The summed E-state index contributed by atoms with van der Waals surface area (Å²) in [5.74, 6) is -0.327. The zero-order valence-electron chi connectivity index (χ0n) is 11.6. The number of benzene rings is 1. The van der Waals surface area contributed by atoms with E-state index >= 15 is 0 Å². The summed E-state index contributed by atoms with van der Waals surface area (Å²) in [5.41, 5.74) is 2.72. The first-order valence-electron chi connectivity index (χ1n) is 6.73. The number of carbonyl (C=O) groups is 1. The zero-order chi connectivity index (χ0) is 14.9. The molecule has 0 aromatic heterocycles. The van der Waals surface area contributed by atoms with Gasteiger partial charge in [-0.3, -0.25) is 4.79 Å². The minimum atomic E-state index is -4.68. The largest absolute Gasteiger partial charge is 0.310 e. The van der Waals surface area contributed by atoms with Crippen LogP contribution in [0.3, 0.4) is 0 Å². The molecule has 1 heterocycles. The fourth-order valence-corrected chi connectivity index (χ4v) is 3.31. The monoisotopic (exact) mass is 299 g/mol. The quantitative estimate of drug-likeness (QED) is 0.801. The Labute approximate surface area is 118 Å². The Morgan fingerprint density at radius 1 is 1.25 bits per heavy atom.